The molecule has 0 unspecified atom stereocenters. The number of rotatable bonds is 8. The first-order valence-electron chi connectivity index (χ1n) is 12.0. The molecule has 0 atom stereocenters. The van der Waals surface area contributed by atoms with Gasteiger partial charge in [-0.2, -0.15) is 0 Å². The highest BCUT2D eigenvalue weighted by atomic mass is 32.2. The Morgan fingerprint density at radius 3 is 2.40 bits per heavy atom. The second-order valence-electron chi connectivity index (χ2n) is 8.72. The predicted molar refractivity (Wildman–Crippen MR) is 137 cm³/mol. The molecule has 2 aliphatic heterocycles. The van der Waals surface area contributed by atoms with Crippen LogP contribution in [-0.2, 0) is 9.59 Å². The minimum Gasteiger partial charge on any atom is -0.497 e. The second-order valence-corrected chi connectivity index (χ2v) is 9.74. The molecule has 2 saturated heterocycles. The molecule has 0 spiro atoms. The Hall–Kier alpha value is -3.04. The predicted octanol–water partition coefficient (Wildman–Crippen LogP) is 2.81. The average molecular weight is 497 g/mol. The number of likely N-dealkylation sites (tertiary alicyclic amines) is 1. The summed E-state index contributed by atoms with van der Waals surface area (Å²) >= 11 is 1.35. The summed E-state index contributed by atoms with van der Waals surface area (Å²) in [7, 11) is 1.58. The fourth-order valence-corrected chi connectivity index (χ4v) is 5.19. The van der Waals surface area contributed by atoms with E-state index < -0.39 is 0 Å². The number of amides is 3. The van der Waals surface area contributed by atoms with Crippen LogP contribution in [0.1, 0.15) is 23.2 Å². The average Bonchev–Trinajstić information content (AvgIpc) is 3.43. The topological polar surface area (TPSA) is 82.2 Å². The summed E-state index contributed by atoms with van der Waals surface area (Å²) in [5.41, 5.74) is 1.27. The Labute approximate surface area is 210 Å². The van der Waals surface area contributed by atoms with Gasteiger partial charge in [-0.1, -0.05) is 18.2 Å². The van der Waals surface area contributed by atoms with E-state index in [-0.39, 0.29) is 23.5 Å². The van der Waals surface area contributed by atoms with E-state index in [0.29, 0.717) is 49.7 Å². The lowest BCUT2D eigenvalue weighted by molar-refractivity contribution is -0.131. The van der Waals surface area contributed by atoms with E-state index in [2.05, 4.69) is 10.2 Å². The molecule has 3 amide bonds. The summed E-state index contributed by atoms with van der Waals surface area (Å²) < 4.78 is 5.19. The molecule has 2 aliphatic rings. The first kappa shape index (κ1) is 25.1. The molecule has 2 fully saturated rings. The maximum absolute atomic E-state index is 13.3. The van der Waals surface area contributed by atoms with Crippen molar-refractivity contribution in [2.24, 2.45) is 0 Å². The monoisotopic (exact) mass is 496 g/mol. The highest BCUT2D eigenvalue weighted by Crippen LogP contribution is 2.25. The third-order valence-corrected chi connectivity index (χ3v) is 7.38. The molecule has 0 saturated carbocycles. The summed E-state index contributed by atoms with van der Waals surface area (Å²) in [5.74, 6) is 0.866. The van der Waals surface area contributed by atoms with E-state index in [1.54, 1.807) is 19.2 Å². The molecule has 0 radical (unpaired) electrons. The third-order valence-electron chi connectivity index (χ3n) is 6.31. The number of carbonyl (C=O) groups excluding carboxylic acids is 3. The summed E-state index contributed by atoms with van der Waals surface area (Å²) in [4.78, 5) is 44.9. The zero-order valence-electron chi connectivity index (χ0n) is 20.1. The van der Waals surface area contributed by atoms with E-state index >= 15 is 0 Å². The molecule has 1 N–H and O–H groups in total. The smallest absolute Gasteiger partial charge is 0.255 e. The van der Waals surface area contributed by atoms with Gasteiger partial charge in [0.15, 0.2) is 0 Å². The Morgan fingerprint density at radius 1 is 0.914 bits per heavy atom. The lowest BCUT2D eigenvalue weighted by atomic mass is 10.2. The van der Waals surface area contributed by atoms with Crippen LogP contribution in [0, 0.1) is 0 Å². The molecule has 2 aromatic carbocycles. The number of benzene rings is 2. The molecule has 35 heavy (non-hydrogen) atoms. The number of thioether (sulfide) groups is 1. The van der Waals surface area contributed by atoms with Gasteiger partial charge in [0.1, 0.15) is 5.75 Å². The van der Waals surface area contributed by atoms with Gasteiger partial charge in [-0.15, -0.1) is 11.8 Å². The zero-order chi connectivity index (χ0) is 24.6. The molecule has 0 bridgehead atoms. The maximum atomic E-state index is 13.3. The van der Waals surface area contributed by atoms with Gasteiger partial charge in [0.2, 0.25) is 11.8 Å². The van der Waals surface area contributed by atoms with E-state index in [0.717, 1.165) is 30.8 Å². The minimum atomic E-state index is -0.151. The second kappa shape index (κ2) is 12.1. The fourth-order valence-electron chi connectivity index (χ4n) is 4.35. The first-order valence-corrected chi connectivity index (χ1v) is 13.0. The van der Waals surface area contributed by atoms with Crippen molar-refractivity contribution in [1.82, 2.24) is 14.7 Å². The molecule has 0 aromatic heterocycles. The van der Waals surface area contributed by atoms with Gasteiger partial charge in [0.25, 0.3) is 5.91 Å². The van der Waals surface area contributed by atoms with Crippen molar-refractivity contribution in [3.8, 4) is 5.75 Å². The van der Waals surface area contributed by atoms with Crippen LogP contribution in [-0.4, -0.2) is 91.1 Å². The molecule has 186 valence electrons. The normalized spacial score (nSPS) is 16.3. The van der Waals surface area contributed by atoms with Gasteiger partial charge in [-0.05, 0) is 37.1 Å². The van der Waals surface area contributed by atoms with E-state index in [9.17, 15) is 14.4 Å². The van der Waals surface area contributed by atoms with Crippen molar-refractivity contribution in [3.05, 3.63) is 54.1 Å². The van der Waals surface area contributed by atoms with E-state index in [1.165, 1.54) is 11.8 Å². The van der Waals surface area contributed by atoms with Gasteiger partial charge in [0, 0.05) is 55.9 Å². The lowest BCUT2D eigenvalue weighted by Gasteiger charge is -2.35. The van der Waals surface area contributed by atoms with Crippen LogP contribution in [0.4, 0.5) is 5.69 Å². The zero-order valence-corrected chi connectivity index (χ0v) is 20.9. The first-order chi connectivity index (χ1) is 17.0. The number of anilines is 1. The van der Waals surface area contributed by atoms with Crippen LogP contribution < -0.4 is 10.1 Å². The SMILES string of the molecule is COc1cccc(NC(=O)CSc2ccccc2C(=O)N2CCN(CC(=O)N3CCCC3)CC2)c1. The number of methoxy groups -OCH3 is 1. The Morgan fingerprint density at radius 2 is 1.66 bits per heavy atom. The molecule has 2 aromatic rings. The Kier molecular flexibility index (Phi) is 8.65. The van der Waals surface area contributed by atoms with Gasteiger partial charge < -0.3 is 19.9 Å². The van der Waals surface area contributed by atoms with Crippen LogP contribution >= 0.6 is 11.8 Å². The van der Waals surface area contributed by atoms with Crippen molar-refractivity contribution in [3.63, 3.8) is 0 Å². The van der Waals surface area contributed by atoms with E-state index in [4.69, 9.17) is 4.74 Å². The van der Waals surface area contributed by atoms with Crippen LogP contribution in [0.15, 0.2) is 53.4 Å². The van der Waals surface area contributed by atoms with E-state index in [1.807, 2.05) is 46.2 Å². The van der Waals surface area contributed by atoms with Crippen molar-refractivity contribution < 1.29 is 19.1 Å². The number of ether oxygens (including phenoxy) is 1. The molecule has 9 heteroatoms. The number of nitrogens with one attached hydrogen (secondary N) is 1. The molecular formula is C26H32N4O4S. The lowest BCUT2D eigenvalue weighted by Crippen LogP contribution is -2.51. The number of hydrogen-bond acceptors (Lipinski definition) is 6. The summed E-state index contributed by atoms with van der Waals surface area (Å²) in [5, 5.41) is 2.87. The molecule has 8 nitrogen and oxygen atoms in total. The highest BCUT2D eigenvalue weighted by molar-refractivity contribution is 8.00. The Balaban J connectivity index is 1.29. The molecule has 4 rings (SSSR count). The Bertz CT molecular complexity index is 1050. The minimum absolute atomic E-state index is 0.0353. The number of nitrogens with zero attached hydrogens (tertiary/aromatic N) is 3. The molecule has 2 heterocycles. The van der Waals surface area contributed by atoms with Crippen LogP contribution in [0.5, 0.6) is 5.75 Å². The number of piperazine rings is 1. The quantitative estimate of drug-likeness (QED) is 0.566. The third kappa shape index (κ3) is 6.76. The summed E-state index contributed by atoms with van der Waals surface area (Å²) in [6.45, 7) is 4.69. The number of hydrogen-bond donors (Lipinski definition) is 1. The summed E-state index contributed by atoms with van der Waals surface area (Å²) in [6, 6.07) is 14.6. The van der Waals surface area contributed by atoms with Crippen molar-refractivity contribution in [2.45, 2.75) is 17.7 Å². The molecular weight excluding hydrogens is 464 g/mol. The maximum Gasteiger partial charge on any atom is 0.255 e. The van der Waals surface area contributed by atoms with Gasteiger partial charge >= 0.3 is 0 Å². The fraction of sp³-hybridized carbons (Fsp3) is 0.423. The van der Waals surface area contributed by atoms with Gasteiger partial charge in [-0.25, -0.2) is 0 Å². The van der Waals surface area contributed by atoms with Crippen LogP contribution in [0.3, 0.4) is 0 Å². The standard InChI is InChI=1S/C26H32N4O4S/c1-34-21-8-6-7-20(17-21)27-24(31)19-35-23-10-3-2-9-22(23)26(33)30-15-13-28(14-16-30)18-25(32)29-11-4-5-12-29/h2-3,6-10,17H,4-5,11-16,18-19H2,1H3,(H,27,31). The van der Waals surface area contributed by atoms with Gasteiger partial charge in [0.05, 0.1) is 25.0 Å². The van der Waals surface area contributed by atoms with Crippen molar-refractivity contribution in [1.29, 1.82) is 0 Å². The van der Waals surface area contributed by atoms with Crippen LogP contribution in [0.2, 0.25) is 0 Å². The molecule has 0 aliphatic carbocycles. The van der Waals surface area contributed by atoms with Crippen LogP contribution in [0.25, 0.3) is 0 Å². The summed E-state index contributed by atoms with van der Waals surface area (Å²) in [6.07, 6.45) is 2.18. The number of carbonyl (C=O) groups is 3. The largest absolute Gasteiger partial charge is 0.497 e. The highest BCUT2D eigenvalue weighted by Gasteiger charge is 2.26. The van der Waals surface area contributed by atoms with Crippen molar-refractivity contribution in [2.75, 3.05) is 64.0 Å². The van der Waals surface area contributed by atoms with Crippen molar-refractivity contribution >= 4 is 35.2 Å². The van der Waals surface area contributed by atoms with Gasteiger partial charge in [-0.3, -0.25) is 19.3 Å².